The number of rotatable bonds is 3. The van der Waals surface area contributed by atoms with Crippen molar-refractivity contribution in [1.29, 1.82) is 0 Å². The normalized spacial score (nSPS) is 25.0. The van der Waals surface area contributed by atoms with Gasteiger partial charge in [-0.25, -0.2) is 8.42 Å². The molecule has 2 aromatic rings. The van der Waals surface area contributed by atoms with Gasteiger partial charge in [0.15, 0.2) is 15.5 Å². The molecule has 2 atom stereocenters. The molecule has 4 heterocycles. The number of amides is 1. The molecule has 2 aliphatic rings. The van der Waals surface area contributed by atoms with Gasteiger partial charge in [0, 0.05) is 44.3 Å². The van der Waals surface area contributed by atoms with Crippen molar-refractivity contribution < 1.29 is 13.2 Å². The second kappa shape index (κ2) is 6.73. The fourth-order valence-corrected chi connectivity index (χ4v) is 5.77. The van der Waals surface area contributed by atoms with E-state index in [1.54, 1.807) is 29.4 Å². The maximum Gasteiger partial charge on any atom is 0.274 e. The maximum absolute atomic E-state index is 12.8. The first-order chi connectivity index (χ1) is 12.5. The molecule has 1 amide bonds. The minimum Gasteiger partial charge on any atom is -0.330 e. The highest BCUT2D eigenvalue weighted by atomic mass is 32.2. The first-order valence-corrected chi connectivity index (χ1v) is 10.3. The van der Waals surface area contributed by atoms with Crippen LogP contribution in [0, 0.1) is 0 Å². The van der Waals surface area contributed by atoms with E-state index in [-0.39, 0.29) is 35.2 Å². The van der Waals surface area contributed by atoms with E-state index >= 15 is 0 Å². The highest BCUT2D eigenvalue weighted by Gasteiger charge is 2.48. The molecule has 2 aliphatic heterocycles. The number of piperazine rings is 1. The quantitative estimate of drug-likeness (QED) is 0.747. The average Bonchev–Trinajstić information content (AvgIpc) is 2.98. The number of hydrogen-bond donors (Lipinski definition) is 0. The summed E-state index contributed by atoms with van der Waals surface area (Å²) in [5, 5.41) is 7.63. The highest BCUT2D eigenvalue weighted by Crippen LogP contribution is 2.29. The molecule has 0 unspecified atom stereocenters. The lowest BCUT2D eigenvalue weighted by Crippen LogP contribution is -2.60. The van der Waals surface area contributed by atoms with Gasteiger partial charge < -0.3 is 4.90 Å². The molecule has 2 aromatic heterocycles. The number of sulfone groups is 1. The number of pyridine rings is 1. The summed E-state index contributed by atoms with van der Waals surface area (Å²) in [7, 11) is -3.19. The van der Waals surface area contributed by atoms with E-state index in [0.29, 0.717) is 19.6 Å². The van der Waals surface area contributed by atoms with Crippen molar-refractivity contribution in [3.8, 4) is 0 Å². The first-order valence-electron chi connectivity index (χ1n) is 8.45. The molecule has 136 valence electrons. The van der Waals surface area contributed by atoms with Crippen LogP contribution in [0.2, 0.25) is 0 Å². The highest BCUT2D eigenvalue weighted by molar-refractivity contribution is 7.91. The van der Waals surface area contributed by atoms with E-state index < -0.39 is 9.84 Å². The van der Waals surface area contributed by atoms with E-state index in [4.69, 9.17) is 0 Å². The zero-order valence-corrected chi connectivity index (χ0v) is 14.9. The summed E-state index contributed by atoms with van der Waals surface area (Å²) in [4.78, 5) is 20.7. The molecule has 9 heteroatoms. The molecule has 8 nitrogen and oxygen atoms in total. The van der Waals surface area contributed by atoms with Crippen LogP contribution >= 0.6 is 0 Å². The fraction of sp³-hybridized carbons (Fsp3) is 0.412. The third-order valence-corrected chi connectivity index (χ3v) is 6.65. The lowest BCUT2D eigenvalue weighted by molar-refractivity contribution is 0.0300. The molecule has 26 heavy (non-hydrogen) atoms. The summed E-state index contributed by atoms with van der Waals surface area (Å²) in [5.41, 5.74) is 1.28. The summed E-state index contributed by atoms with van der Waals surface area (Å²) in [6, 6.07) is 6.53. The molecule has 0 radical (unpaired) electrons. The van der Waals surface area contributed by atoms with Crippen molar-refractivity contribution in [3.05, 3.63) is 54.1 Å². The van der Waals surface area contributed by atoms with Crippen molar-refractivity contribution in [3.63, 3.8) is 0 Å². The molecular formula is C17H19N5O3S. The lowest BCUT2D eigenvalue weighted by Gasteiger charge is -2.43. The molecule has 0 spiro atoms. The zero-order chi connectivity index (χ0) is 18.1. The summed E-state index contributed by atoms with van der Waals surface area (Å²) >= 11 is 0. The summed E-state index contributed by atoms with van der Waals surface area (Å²) in [5.74, 6) is -0.193. The van der Waals surface area contributed by atoms with Crippen LogP contribution in [0.4, 0.5) is 0 Å². The predicted octanol–water partition coefficient (Wildman–Crippen LogP) is -0.00480. The number of aromatic nitrogens is 3. The Balaban J connectivity index is 1.59. The van der Waals surface area contributed by atoms with Gasteiger partial charge in [-0.15, -0.1) is 5.10 Å². The number of carbonyl (C=O) groups is 1. The number of nitrogens with zero attached hydrogens (tertiary/aromatic N) is 5. The molecule has 0 aromatic carbocycles. The Bertz CT molecular complexity index is 891. The molecule has 0 saturated carbocycles. The predicted molar refractivity (Wildman–Crippen MR) is 93.9 cm³/mol. The summed E-state index contributed by atoms with van der Waals surface area (Å²) in [6.07, 6.45) is 5.00. The standard InChI is InChI=1S/C17H19N5O3S/c23-17(14-4-2-6-19-20-14)22-8-7-21(10-13-3-1-5-18-9-13)15-11-26(24,25)12-16(15)22/h1-6,9,15-16H,7-8,10-12H2/t15-,16+/m1/s1. The van der Waals surface area contributed by atoms with Crippen LogP contribution in [0.5, 0.6) is 0 Å². The van der Waals surface area contributed by atoms with Gasteiger partial charge in [-0.2, -0.15) is 5.10 Å². The third kappa shape index (κ3) is 3.32. The minimum absolute atomic E-state index is 0.00674. The fourth-order valence-electron chi connectivity index (χ4n) is 3.76. The molecule has 4 rings (SSSR count). The topological polar surface area (TPSA) is 96.4 Å². The van der Waals surface area contributed by atoms with Gasteiger partial charge in [0.25, 0.3) is 5.91 Å². The zero-order valence-electron chi connectivity index (χ0n) is 14.1. The molecule has 2 fully saturated rings. The maximum atomic E-state index is 12.8. The Hall–Kier alpha value is -2.39. The second-order valence-electron chi connectivity index (χ2n) is 6.65. The van der Waals surface area contributed by atoms with Gasteiger partial charge in [0.05, 0.1) is 17.5 Å². The number of carbonyl (C=O) groups excluding carboxylic acids is 1. The Morgan fingerprint density at radius 2 is 1.92 bits per heavy atom. The Labute approximate surface area is 151 Å². The molecule has 2 saturated heterocycles. The van der Waals surface area contributed by atoms with Gasteiger partial charge in [-0.1, -0.05) is 6.07 Å². The first kappa shape index (κ1) is 17.0. The third-order valence-electron chi connectivity index (χ3n) is 4.95. The van der Waals surface area contributed by atoms with E-state index in [9.17, 15) is 13.2 Å². The van der Waals surface area contributed by atoms with Crippen LogP contribution in [0.1, 0.15) is 16.1 Å². The van der Waals surface area contributed by atoms with Crippen LogP contribution in [-0.2, 0) is 16.4 Å². The lowest BCUT2D eigenvalue weighted by atomic mass is 10.0. The Morgan fingerprint density at radius 1 is 1.12 bits per heavy atom. The summed E-state index contributed by atoms with van der Waals surface area (Å²) in [6.45, 7) is 1.70. The smallest absolute Gasteiger partial charge is 0.274 e. The van der Waals surface area contributed by atoms with E-state index in [2.05, 4.69) is 20.1 Å². The van der Waals surface area contributed by atoms with Crippen molar-refractivity contribution >= 4 is 15.7 Å². The Morgan fingerprint density at radius 3 is 2.65 bits per heavy atom. The van der Waals surface area contributed by atoms with Crippen LogP contribution < -0.4 is 0 Å². The monoisotopic (exact) mass is 373 g/mol. The van der Waals surface area contributed by atoms with E-state index in [0.717, 1.165) is 5.56 Å². The van der Waals surface area contributed by atoms with E-state index in [1.165, 1.54) is 6.20 Å². The van der Waals surface area contributed by atoms with Gasteiger partial charge in [0.1, 0.15) is 0 Å². The second-order valence-corrected chi connectivity index (χ2v) is 8.80. The number of fused-ring (bicyclic) bond motifs is 1. The van der Waals surface area contributed by atoms with Crippen molar-refractivity contribution in [2.24, 2.45) is 0 Å². The largest absolute Gasteiger partial charge is 0.330 e. The van der Waals surface area contributed by atoms with Gasteiger partial charge in [-0.3, -0.25) is 14.7 Å². The van der Waals surface area contributed by atoms with Gasteiger partial charge >= 0.3 is 0 Å². The molecule has 0 aliphatic carbocycles. The van der Waals surface area contributed by atoms with Crippen molar-refractivity contribution in [2.75, 3.05) is 24.6 Å². The SMILES string of the molecule is O=C(c1cccnn1)N1CCN(Cc2cccnc2)[C@@H]2CS(=O)(=O)C[C@@H]21. The minimum atomic E-state index is -3.19. The van der Waals surface area contributed by atoms with Crippen LogP contribution in [0.3, 0.4) is 0 Å². The summed E-state index contributed by atoms with van der Waals surface area (Å²) < 4.78 is 24.6. The molecule has 0 bridgehead atoms. The van der Waals surface area contributed by atoms with Gasteiger partial charge in [0.2, 0.25) is 0 Å². The van der Waals surface area contributed by atoms with Crippen LogP contribution in [0.25, 0.3) is 0 Å². The molecule has 0 N–H and O–H groups in total. The number of hydrogen-bond acceptors (Lipinski definition) is 7. The van der Waals surface area contributed by atoms with E-state index in [1.807, 2.05) is 12.1 Å². The molecular weight excluding hydrogens is 354 g/mol. The Kier molecular flexibility index (Phi) is 4.41. The van der Waals surface area contributed by atoms with Gasteiger partial charge in [-0.05, 0) is 23.8 Å². The average molecular weight is 373 g/mol. The van der Waals surface area contributed by atoms with Crippen molar-refractivity contribution in [2.45, 2.75) is 18.6 Å². The van der Waals surface area contributed by atoms with Crippen LogP contribution in [-0.4, -0.2) is 76.0 Å². The van der Waals surface area contributed by atoms with Crippen molar-refractivity contribution in [1.82, 2.24) is 25.0 Å². The van der Waals surface area contributed by atoms with Crippen LogP contribution in [0.15, 0.2) is 42.9 Å².